The van der Waals surface area contributed by atoms with Gasteiger partial charge in [0, 0.05) is 35.4 Å². The average Bonchev–Trinajstić information content (AvgIpc) is 3.41. The quantitative estimate of drug-likeness (QED) is 0.521. The van der Waals surface area contributed by atoms with E-state index >= 15 is 0 Å². The van der Waals surface area contributed by atoms with Crippen molar-refractivity contribution >= 4 is 17.5 Å². The van der Waals surface area contributed by atoms with Crippen molar-refractivity contribution in [2.24, 2.45) is 5.73 Å². The van der Waals surface area contributed by atoms with Crippen molar-refractivity contribution in [1.82, 2.24) is 4.90 Å². The van der Waals surface area contributed by atoms with E-state index in [1.54, 1.807) is 42.5 Å². The summed E-state index contributed by atoms with van der Waals surface area (Å²) in [7, 11) is 0. The van der Waals surface area contributed by atoms with Crippen LogP contribution in [0.5, 0.6) is 11.5 Å². The number of nitrogens with two attached hydrogens (primary N) is 1. The summed E-state index contributed by atoms with van der Waals surface area (Å²) < 4.78 is 10.7. The lowest BCUT2D eigenvalue weighted by Crippen LogP contribution is -2.43. The van der Waals surface area contributed by atoms with Crippen molar-refractivity contribution in [2.45, 2.75) is 44.3 Å². The minimum absolute atomic E-state index is 0.0647. The Morgan fingerprint density at radius 3 is 2.30 bits per heavy atom. The molecule has 0 spiro atoms. The molecule has 1 fully saturated rings. The lowest BCUT2D eigenvalue weighted by atomic mass is 9.90. The minimum atomic E-state index is -0.248. The molecule has 2 aliphatic rings. The molecule has 3 N–H and O–H groups in total. The van der Waals surface area contributed by atoms with Gasteiger partial charge in [-0.25, -0.2) is 0 Å². The predicted molar refractivity (Wildman–Crippen MR) is 138 cm³/mol. The van der Waals surface area contributed by atoms with Crippen LogP contribution in [0.2, 0.25) is 0 Å². The highest BCUT2D eigenvalue weighted by Crippen LogP contribution is 2.33. The number of amides is 2. The van der Waals surface area contributed by atoms with E-state index in [-0.39, 0.29) is 30.7 Å². The summed E-state index contributed by atoms with van der Waals surface area (Å²) >= 11 is 0. The standard InChI is InChI=1S/C29H28N4O4/c30-16-19-1-5-21(6-2-19)29(35)33(25-12-8-23(31)9-13-25)17-20-3-10-24(11-4-20)32-28(34)22-7-14-26-27(15-22)37-18-36-26/h1-7,10-11,14-15,23,25H,8-9,12-13,17-18,31H2,(H,32,34). The van der Waals surface area contributed by atoms with Gasteiger partial charge in [-0.15, -0.1) is 0 Å². The number of benzene rings is 3. The van der Waals surface area contributed by atoms with Gasteiger partial charge in [0.15, 0.2) is 11.5 Å². The zero-order chi connectivity index (χ0) is 25.8. The van der Waals surface area contributed by atoms with E-state index in [9.17, 15) is 9.59 Å². The Hall–Kier alpha value is -4.35. The second kappa shape index (κ2) is 10.7. The first kappa shape index (κ1) is 24.3. The highest BCUT2D eigenvalue weighted by atomic mass is 16.7. The van der Waals surface area contributed by atoms with E-state index in [1.807, 2.05) is 29.2 Å². The second-order valence-corrected chi connectivity index (χ2v) is 9.41. The maximum Gasteiger partial charge on any atom is 0.255 e. The van der Waals surface area contributed by atoms with E-state index in [2.05, 4.69) is 11.4 Å². The molecule has 0 atom stereocenters. The molecule has 8 heteroatoms. The Balaban J connectivity index is 1.29. The maximum absolute atomic E-state index is 13.5. The number of fused-ring (bicyclic) bond motifs is 1. The van der Waals surface area contributed by atoms with Gasteiger partial charge >= 0.3 is 0 Å². The van der Waals surface area contributed by atoms with Crippen molar-refractivity contribution in [3.63, 3.8) is 0 Å². The van der Waals surface area contributed by atoms with Crippen LogP contribution in [-0.4, -0.2) is 35.6 Å². The van der Waals surface area contributed by atoms with E-state index in [1.165, 1.54) is 0 Å². The van der Waals surface area contributed by atoms with Crippen LogP contribution in [0.25, 0.3) is 0 Å². The molecule has 0 radical (unpaired) electrons. The molecular weight excluding hydrogens is 468 g/mol. The number of nitrogens with zero attached hydrogens (tertiary/aromatic N) is 2. The van der Waals surface area contributed by atoms with Crippen LogP contribution < -0.4 is 20.5 Å². The fraction of sp³-hybridized carbons (Fsp3) is 0.276. The molecule has 0 saturated heterocycles. The molecule has 3 aromatic carbocycles. The highest BCUT2D eigenvalue weighted by molar-refractivity contribution is 6.04. The van der Waals surface area contributed by atoms with Crippen molar-refractivity contribution in [3.05, 3.63) is 89.0 Å². The van der Waals surface area contributed by atoms with Crippen LogP contribution in [0.1, 0.15) is 57.5 Å². The highest BCUT2D eigenvalue weighted by Gasteiger charge is 2.28. The van der Waals surface area contributed by atoms with Gasteiger partial charge in [0.05, 0.1) is 11.6 Å². The normalized spacial score (nSPS) is 18.1. The smallest absolute Gasteiger partial charge is 0.255 e. The molecular formula is C29H28N4O4. The first-order valence-corrected chi connectivity index (χ1v) is 12.4. The molecule has 0 bridgehead atoms. The molecule has 37 heavy (non-hydrogen) atoms. The Labute approximate surface area is 215 Å². The van der Waals surface area contributed by atoms with Crippen LogP contribution in [0.4, 0.5) is 5.69 Å². The third-order valence-corrected chi connectivity index (χ3v) is 6.90. The summed E-state index contributed by atoms with van der Waals surface area (Å²) in [5.41, 5.74) is 9.27. The zero-order valence-electron chi connectivity index (χ0n) is 20.4. The molecule has 3 aromatic rings. The van der Waals surface area contributed by atoms with E-state index < -0.39 is 0 Å². The summed E-state index contributed by atoms with van der Waals surface area (Å²) in [4.78, 5) is 28.1. The van der Waals surface area contributed by atoms with E-state index in [0.29, 0.717) is 40.4 Å². The molecule has 1 heterocycles. The van der Waals surface area contributed by atoms with Gasteiger partial charge in [-0.1, -0.05) is 12.1 Å². The number of carbonyl (C=O) groups excluding carboxylic acids is 2. The molecule has 0 unspecified atom stereocenters. The summed E-state index contributed by atoms with van der Waals surface area (Å²) in [6.07, 6.45) is 3.47. The average molecular weight is 497 g/mol. The first-order valence-electron chi connectivity index (χ1n) is 12.4. The number of hydrogen-bond acceptors (Lipinski definition) is 6. The molecule has 1 aliphatic heterocycles. The summed E-state index contributed by atoms with van der Waals surface area (Å²) in [6, 6.07) is 21.7. The van der Waals surface area contributed by atoms with Crippen LogP contribution >= 0.6 is 0 Å². The Morgan fingerprint density at radius 2 is 1.59 bits per heavy atom. The number of hydrogen-bond donors (Lipinski definition) is 2. The van der Waals surface area contributed by atoms with Gasteiger partial charge < -0.3 is 25.4 Å². The third-order valence-electron chi connectivity index (χ3n) is 6.90. The fourth-order valence-corrected chi connectivity index (χ4v) is 4.76. The van der Waals surface area contributed by atoms with Crippen LogP contribution in [0, 0.1) is 11.3 Å². The second-order valence-electron chi connectivity index (χ2n) is 9.41. The minimum Gasteiger partial charge on any atom is -0.454 e. The number of anilines is 1. The van der Waals surface area contributed by atoms with Gasteiger partial charge in [-0.05, 0) is 85.8 Å². The molecule has 8 nitrogen and oxygen atoms in total. The molecule has 188 valence electrons. The summed E-state index contributed by atoms with van der Waals surface area (Å²) in [5.74, 6) is 0.868. The summed E-state index contributed by atoms with van der Waals surface area (Å²) in [6.45, 7) is 0.593. The number of nitriles is 1. The van der Waals surface area contributed by atoms with Gasteiger partial charge in [0.2, 0.25) is 6.79 Å². The van der Waals surface area contributed by atoms with Crippen LogP contribution in [-0.2, 0) is 6.54 Å². The monoisotopic (exact) mass is 496 g/mol. The van der Waals surface area contributed by atoms with Gasteiger partial charge in [0.1, 0.15) is 0 Å². The van der Waals surface area contributed by atoms with Crippen LogP contribution in [0.15, 0.2) is 66.7 Å². The van der Waals surface area contributed by atoms with Gasteiger partial charge in [-0.3, -0.25) is 9.59 Å². The molecule has 1 saturated carbocycles. The molecule has 5 rings (SSSR count). The maximum atomic E-state index is 13.5. The number of rotatable bonds is 6. The van der Waals surface area contributed by atoms with E-state index in [0.717, 1.165) is 31.2 Å². The molecule has 0 aromatic heterocycles. The largest absolute Gasteiger partial charge is 0.454 e. The topological polar surface area (TPSA) is 118 Å². The van der Waals surface area contributed by atoms with E-state index in [4.69, 9.17) is 20.5 Å². The fourth-order valence-electron chi connectivity index (χ4n) is 4.76. The van der Waals surface area contributed by atoms with Crippen molar-refractivity contribution in [2.75, 3.05) is 12.1 Å². The van der Waals surface area contributed by atoms with Crippen molar-refractivity contribution in [1.29, 1.82) is 5.26 Å². The number of carbonyl (C=O) groups is 2. The Kier molecular flexibility index (Phi) is 7.06. The Bertz CT molecular complexity index is 1320. The zero-order valence-corrected chi connectivity index (χ0v) is 20.4. The predicted octanol–water partition coefficient (Wildman–Crippen LogP) is 4.45. The van der Waals surface area contributed by atoms with Crippen LogP contribution in [0.3, 0.4) is 0 Å². The summed E-state index contributed by atoms with van der Waals surface area (Å²) in [5, 5.41) is 12.0. The lowest BCUT2D eigenvalue weighted by molar-refractivity contribution is 0.0606. The Morgan fingerprint density at radius 1 is 0.919 bits per heavy atom. The number of nitrogens with one attached hydrogen (secondary N) is 1. The van der Waals surface area contributed by atoms with Gasteiger partial charge in [0.25, 0.3) is 11.8 Å². The lowest BCUT2D eigenvalue weighted by Gasteiger charge is -2.36. The van der Waals surface area contributed by atoms with Gasteiger partial charge in [-0.2, -0.15) is 5.26 Å². The third kappa shape index (κ3) is 5.57. The molecule has 1 aliphatic carbocycles. The number of ether oxygens (including phenoxy) is 2. The SMILES string of the molecule is N#Cc1ccc(C(=O)N(Cc2ccc(NC(=O)c3ccc4c(c3)OCO4)cc2)C2CCC(N)CC2)cc1. The molecule has 2 amide bonds. The van der Waals surface area contributed by atoms with Crippen molar-refractivity contribution in [3.8, 4) is 17.6 Å². The first-order chi connectivity index (χ1) is 18.0. The van der Waals surface area contributed by atoms with Crippen molar-refractivity contribution < 1.29 is 19.1 Å².